The molecule has 9 heteroatoms. The van der Waals surface area contributed by atoms with Gasteiger partial charge in [0.05, 0.1) is 5.69 Å². The monoisotopic (exact) mass is 598 g/mol. The van der Waals surface area contributed by atoms with Crippen molar-refractivity contribution in [2.24, 2.45) is 5.92 Å². The van der Waals surface area contributed by atoms with E-state index >= 15 is 0 Å². The Kier molecular flexibility index (Phi) is 8.11. The number of sulfonamides is 1. The van der Waals surface area contributed by atoms with E-state index in [9.17, 15) is 12.8 Å². The van der Waals surface area contributed by atoms with Crippen molar-refractivity contribution in [2.45, 2.75) is 31.2 Å². The number of likely N-dealkylation sites (N-methyl/N-ethyl adjacent to an activating group) is 1. The molecule has 208 valence electrons. The Labute approximate surface area is 244 Å². The third-order valence-corrected chi connectivity index (χ3v) is 9.32. The van der Waals surface area contributed by atoms with Crippen LogP contribution in [0.3, 0.4) is 0 Å². The molecule has 0 saturated carbocycles. The predicted octanol–water partition coefficient (Wildman–Crippen LogP) is 8.78. The first-order valence-corrected chi connectivity index (χ1v) is 15.1. The lowest BCUT2D eigenvalue weighted by molar-refractivity contribution is 0.326. The molecule has 40 heavy (non-hydrogen) atoms. The van der Waals surface area contributed by atoms with Crippen LogP contribution < -0.4 is 9.64 Å². The predicted molar refractivity (Wildman–Crippen MR) is 160 cm³/mol. The average molecular weight is 600 g/mol. The van der Waals surface area contributed by atoms with Gasteiger partial charge < -0.3 is 9.64 Å². The molecule has 5 nitrogen and oxygen atoms in total. The summed E-state index contributed by atoms with van der Waals surface area (Å²) in [6.07, 6.45) is 0.683. The van der Waals surface area contributed by atoms with Gasteiger partial charge in [-0.3, -0.25) is 0 Å². The van der Waals surface area contributed by atoms with Gasteiger partial charge in [-0.05, 0) is 66.4 Å². The molecule has 1 heterocycles. The van der Waals surface area contributed by atoms with E-state index in [1.54, 1.807) is 49.5 Å². The van der Waals surface area contributed by atoms with Gasteiger partial charge in [0, 0.05) is 47.0 Å². The summed E-state index contributed by atoms with van der Waals surface area (Å²) >= 11 is 12.5. The van der Waals surface area contributed by atoms with Crippen LogP contribution >= 0.6 is 23.2 Å². The van der Waals surface area contributed by atoms with Crippen molar-refractivity contribution in [3.8, 4) is 22.6 Å². The maximum absolute atomic E-state index is 14.2. The van der Waals surface area contributed by atoms with Crippen LogP contribution in [-0.2, 0) is 10.0 Å². The molecular formula is C31H29Cl2FN2O3S. The number of nitrogens with zero attached hydrogens (tertiary/aromatic N) is 2. The fraction of sp³-hybridized carbons (Fsp3) is 0.226. The first-order valence-electron chi connectivity index (χ1n) is 12.9. The summed E-state index contributed by atoms with van der Waals surface area (Å²) in [6.45, 7) is 4.61. The molecule has 0 N–H and O–H groups in total. The van der Waals surface area contributed by atoms with Gasteiger partial charge in [-0.1, -0.05) is 67.4 Å². The highest BCUT2D eigenvalue weighted by atomic mass is 35.5. The van der Waals surface area contributed by atoms with Gasteiger partial charge >= 0.3 is 0 Å². The average Bonchev–Trinajstić information content (AvgIpc) is 2.97. The first-order chi connectivity index (χ1) is 19.0. The zero-order chi connectivity index (χ0) is 28.6. The second kappa shape index (κ2) is 11.4. The number of benzene rings is 4. The molecule has 4 aromatic carbocycles. The SMILES string of the molecule is CC(C)C[C@@H]1CN(c2ccccc2)c2cc(Oc3cc(Cl)cc(Cl)c3)c(-c3ccc(F)cc3)cc2S(=O)(=O)N1C. The lowest BCUT2D eigenvalue weighted by Crippen LogP contribution is -2.41. The standard InChI is InChI=1S/C31H29Cl2FN2O3S/c1-20(2)13-26-19-36(25-7-5-4-6-8-25)29-18-30(39-27-15-22(32)14-23(33)16-27)28(21-9-11-24(34)12-10-21)17-31(29)40(37,38)35(26)3/h4-12,14-18,20,26H,13,19H2,1-3H3/t26-/m1/s1. The highest BCUT2D eigenvalue weighted by Gasteiger charge is 2.38. The van der Waals surface area contributed by atoms with E-state index in [-0.39, 0.29) is 16.9 Å². The highest BCUT2D eigenvalue weighted by Crippen LogP contribution is 2.45. The quantitative estimate of drug-likeness (QED) is 0.222. The molecule has 1 aliphatic heterocycles. The van der Waals surface area contributed by atoms with Crippen molar-refractivity contribution >= 4 is 44.6 Å². The third kappa shape index (κ3) is 5.84. The van der Waals surface area contributed by atoms with E-state index in [0.717, 1.165) is 5.69 Å². The second-order valence-electron chi connectivity index (χ2n) is 10.3. The number of halogens is 3. The van der Waals surface area contributed by atoms with Gasteiger partial charge in [0.1, 0.15) is 22.2 Å². The number of ether oxygens (including phenoxy) is 1. The van der Waals surface area contributed by atoms with Crippen molar-refractivity contribution in [3.63, 3.8) is 0 Å². The lowest BCUT2D eigenvalue weighted by Gasteiger charge is -2.30. The van der Waals surface area contributed by atoms with Crippen molar-refractivity contribution in [2.75, 3.05) is 18.5 Å². The molecule has 0 fully saturated rings. The van der Waals surface area contributed by atoms with Crippen molar-refractivity contribution in [3.05, 3.63) is 101 Å². The van der Waals surface area contributed by atoms with Crippen LogP contribution in [0.4, 0.5) is 15.8 Å². The minimum atomic E-state index is -3.91. The largest absolute Gasteiger partial charge is 0.457 e. The van der Waals surface area contributed by atoms with Crippen LogP contribution in [0, 0.1) is 11.7 Å². The summed E-state index contributed by atoms with van der Waals surface area (Å²) < 4.78 is 50.0. The topological polar surface area (TPSA) is 49.9 Å². The maximum Gasteiger partial charge on any atom is 0.245 e. The Morgan fingerprint density at radius 2 is 1.60 bits per heavy atom. The number of para-hydroxylation sites is 1. The van der Waals surface area contributed by atoms with Crippen LogP contribution in [0.25, 0.3) is 11.1 Å². The first kappa shape index (κ1) is 28.4. The molecule has 1 atom stereocenters. The summed E-state index contributed by atoms with van der Waals surface area (Å²) in [5, 5.41) is 0.791. The molecule has 5 rings (SSSR count). The molecule has 0 saturated heterocycles. The van der Waals surface area contributed by atoms with Gasteiger partial charge in [-0.25, -0.2) is 12.8 Å². The number of fused-ring (bicyclic) bond motifs is 1. The summed E-state index contributed by atoms with van der Waals surface area (Å²) in [5.41, 5.74) is 2.43. The molecule has 0 spiro atoms. The Morgan fingerprint density at radius 3 is 2.23 bits per heavy atom. The van der Waals surface area contributed by atoms with E-state index < -0.39 is 15.8 Å². The molecule has 0 bridgehead atoms. The van der Waals surface area contributed by atoms with E-state index in [0.29, 0.717) is 51.3 Å². The van der Waals surface area contributed by atoms with Crippen LogP contribution in [0.5, 0.6) is 11.5 Å². The minimum Gasteiger partial charge on any atom is -0.457 e. The number of hydrogen-bond acceptors (Lipinski definition) is 4. The van der Waals surface area contributed by atoms with Gasteiger partial charge in [-0.2, -0.15) is 4.31 Å². The van der Waals surface area contributed by atoms with E-state index in [1.165, 1.54) is 16.4 Å². The molecule has 4 aromatic rings. The van der Waals surface area contributed by atoms with Crippen LogP contribution in [0.1, 0.15) is 20.3 Å². The smallest absolute Gasteiger partial charge is 0.245 e. The van der Waals surface area contributed by atoms with E-state index in [1.807, 2.05) is 35.2 Å². The Balaban J connectivity index is 1.78. The molecule has 0 aromatic heterocycles. The van der Waals surface area contributed by atoms with E-state index in [4.69, 9.17) is 27.9 Å². The number of anilines is 2. The van der Waals surface area contributed by atoms with Gasteiger partial charge in [0.15, 0.2) is 0 Å². The molecule has 1 aliphatic rings. The number of rotatable bonds is 6. The molecule has 0 unspecified atom stereocenters. The Bertz CT molecular complexity index is 1610. The van der Waals surface area contributed by atoms with E-state index in [2.05, 4.69) is 13.8 Å². The molecule has 0 amide bonds. The van der Waals surface area contributed by atoms with Crippen molar-refractivity contribution in [1.29, 1.82) is 0 Å². The van der Waals surface area contributed by atoms with Crippen molar-refractivity contribution < 1.29 is 17.5 Å². The van der Waals surface area contributed by atoms with Gasteiger partial charge in [0.2, 0.25) is 10.0 Å². The fourth-order valence-corrected chi connectivity index (χ4v) is 7.08. The maximum atomic E-state index is 14.2. The second-order valence-corrected chi connectivity index (χ2v) is 13.1. The Hall–Kier alpha value is -3.10. The zero-order valence-electron chi connectivity index (χ0n) is 22.3. The molecule has 0 radical (unpaired) electrons. The highest BCUT2D eigenvalue weighted by molar-refractivity contribution is 7.89. The third-order valence-electron chi connectivity index (χ3n) is 6.95. The zero-order valence-corrected chi connectivity index (χ0v) is 24.6. The lowest BCUT2D eigenvalue weighted by atomic mass is 10.0. The summed E-state index contributed by atoms with van der Waals surface area (Å²) in [7, 11) is -2.28. The van der Waals surface area contributed by atoms with Gasteiger partial charge in [0.25, 0.3) is 0 Å². The Morgan fingerprint density at radius 1 is 0.950 bits per heavy atom. The summed E-state index contributed by atoms with van der Waals surface area (Å²) in [5.74, 6) is 0.646. The minimum absolute atomic E-state index is 0.140. The van der Waals surface area contributed by atoms with Gasteiger partial charge in [-0.15, -0.1) is 0 Å². The molecule has 0 aliphatic carbocycles. The van der Waals surface area contributed by atoms with Crippen LogP contribution in [0.15, 0.2) is 89.8 Å². The summed E-state index contributed by atoms with van der Waals surface area (Å²) in [6, 6.07) is 23.5. The normalized spacial score (nSPS) is 17.0. The fourth-order valence-electron chi connectivity index (χ4n) is 5.02. The summed E-state index contributed by atoms with van der Waals surface area (Å²) in [4.78, 5) is 2.16. The van der Waals surface area contributed by atoms with Crippen molar-refractivity contribution in [1.82, 2.24) is 4.31 Å². The number of hydrogen-bond donors (Lipinski definition) is 0. The van der Waals surface area contributed by atoms with Crippen LogP contribution in [-0.4, -0.2) is 32.4 Å². The van der Waals surface area contributed by atoms with Crippen LogP contribution in [0.2, 0.25) is 10.0 Å². The molecular weight excluding hydrogens is 570 g/mol.